The van der Waals surface area contributed by atoms with Crippen molar-refractivity contribution in [3.05, 3.63) is 11.8 Å². The number of hydrogen-bond acceptors (Lipinski definition) is 3. The Balaban J connectivity index is 1.87. The molecule has 1 aliphatic rings. The summed E-state index contributed by atoms with van der Waals surface area (Å²) in [6.45, 7) is 4.80. The smallest absolute Gasteiger partial charge is 0.124 e. The number of rotatable bonds is 3. The van der Waals surface area contributed by atoms with Crippen LogP contribution in [-0.4, -0.2) is 29.5 Å². The summed E-state index contributed by atoms with van der Waals surface area (Å²) in [7, 11) is 1.96. The summed E-state index contributed by atoms with van der Waals surface area (Å²) in [5.74, 6) is 1.75. The summed E-state index contributed by atoms with van der Waals surface area (Å²) in [5, 5.41) is 7.68. The Morgan fingerprint density at radius 1 is 1.71 bits per heavy atom. The van der Waals surface area contributed by atoms with Crippen LogP contribution in [0.25, 0.3) is 0 Å². The Bertz CT molecular complexity index is 302. The van der Waals surface area contributed by atoms with Crippen molar-refractivity contribution < 1.29 is 4.74 Å². The second-order valence-electron chi connectivity index (χ2n) is 3.91. The lowest BCUT2D eigenvalue weighted by Gasteiger charge is -2.10. The van der Waals surface area contributed by atoms with Crippen molar-refractivity contribution in [2.75, 3.05) is 25.1 Å². The number of anilines is 1. The van der Waals surface area contributed by atoms with E-state index in [1.54, 1.807) is 0 Å². The maximum absolute atomic E-state index is 5.32. The van der Waals surface area contributed by atoms with Gasteiger partial charge in [0.15, 0.2) is 0 Å². The average Bonchev–Trinajstić information content (AvgIpc) is 2.72. The zero-order valence-corrected chi connectivity index (χ0v) is 8.79. The molecule has 78 valence electrons. The van der Waals surface area contributed by atoms with Crippen LogP contribution < -0.4 is 5.32 Å². The van der Waals surface area contributed by atoms with Gasteiger partial charge in [-0.1, -0.05) is 0 Å². The minimum atomic E-state index is 0.658. The maximum Gasteiger partial charge on any atom is 0.124 e. The van der Waals surface area contributed by atoms with Gasteiger partial charge in [0.2, 0.25) is 0 Å². The topological polar surface area (TPSA) is 39.1 Å². The molecule has 0 aliphatic carbocycles. The van der Waals surface area contributed by atoms with Crippen LogP contribution in [0.15, 0.2) is 6.07 Å². The highest BCUT2D eigenvalue weighted by Crippen LogP contribution is 2.14. The van der Waals surface area contributed by atoms with Crippen LogP contribution in [-0.2, 0) is 11.8 Å². The van der Waals surface area contributed by atoms with Gasteiger partial charge >= 0.3 is 0 Å². The van der Waals surface area contributed by atoms with E-state index in [1.165, 1.54) is 6.42 Å². The van der Waals surface area contributed by atoms with Crippen LogP contribution in [0.1, 0.15) is 12.1 Å². The normalized spacial score (nSPS) is 21.4. The molecular weight excluding hydrogens is 178 g/mol. The molecule has 0 radical (unpaired) electrons. The molecule has 0 bridgehead atoms. The molecule has 1 saturated heterocycles. The van der Waals surface area contributed by atoms with E-state index in [1.807, 2.05) is 18.7 Å². The number of nitrogens with zero attached hydrogens (tertiary/aromatic N) is 2. The number of nitrogens with one attached hydrogen (secondary N) is 1. The van der Waals surface area contributed by atoms with Crippen molar-refractivity contribution in [1.82, 2.24) is 9.78 Å². The zero-order valence-electron chi connectivity index (χ0n) is 8.79. The Kier molecular flexibility index (Phi) is 2.72. The Labute approximate surface area is 84.3 Å². The number of aromatic nitrogens is 2. The van der Waals surface area contributed by atoms with E-state index < -0.39 is 0 Å². The van der Waals surface area contributed by atoms with Crippen molar-refractivity contribution in [3.63, 3.8) is 0 Å². The molecule has 1 fully saturated rings. The molecule has 1 N–H and O–H groups in total. The van der Waals surface area contributed by atoms with Crippen molar-refractivity contribution in [2.45, 2.75) is 13.3 Å². The Morgan fingerprint density at radius 3 is 3.14 bits per heavy atom. The van der Waals surface area contributed by atoms with E-state index in [4.69, 9.17) is 4.74 Å². The van der Waals surface area contributed by atoms with Crippen LogP contribution in [0.2, 0.25) is 0 Å². The van der Waals surface area contributed by atoms with Crippen molar-refractivity contribution >= 4 is 5.82 Å². The fourth-order valence-electron chi connectivity index (χ4n) is 1.77. The first kappa shape index (κ1) is 9.52. The standard InChI is InChI=1S/C10H17N3O/c1-8-5-10(13(2)12-8)11-6-9-3-4-14-7-9/h5,9,11H,3-4,6-7H2,1-2H3. The zero-order chi connectivity index (χ0) is 9.97. The van der Waals surface area contributed by atoms with Gasteiger partial charge in [0.25, 0.3) is 0 Å². The van der Waals surface area contributed by atoms with E-state index in [9.17, 15) is 0 Å². The molecule has 4 heteroatoms. The molecule has 0 aromatic carbocycles. The molecule has 1 atom stereocenters. The predicted molar refractivity (Wildman–Crippen MR) is 55.4 cm³/mol. The van der Waals surface area contributed by atoms with Gasteiger partial charge in [-0.15, -0.1) is 0 Å². The Morgan fingerprint density at radius 2 is 2.57 bits per heavy atom. The quantitative estimate of drug-likeness (QED) is 0.787. The summed E-state index contributed by atoms with van der Waals surface area (Å²) in [6.07, 6.45) is 1.17. The van der Waals surface area contributed by atoms with Crippen LogP contribution in [0.5, 0.6) is 0 Å². The van der Waals surface area contributed by atoms with Crippen LogP contribution in [0.3, 0.4) is 0 Å². The minimum absolute atomic E-state index is 0.658. The van der Waals surface area contributed by atoms with Crippen molar-refractivity contribution in [2.24, 2.45) is 13.0 Å². The fourth-order valence-corrected chi connectivity index (χ4v) is 1.77. The van der Waals surface area contributed by atoms with Gasteiger partial charge in [0.1, 0.15) is 5.82 Å². The first-order valence-electron chi connectivity index (χ1n) is 5.08. The first-order chi connectivity index (χ1) is 6.75. The first-order valence-corrected chi connectivity index (χ1v) is 5.08. The third kappa shape index (κ3) is 2.07. The van der Waals surface area contributed by atoms with E-state index in [2.05, 4.69) is 16.5 Å². The molecule has 1 unspecified atom stereocenters. The molecule has 1 aromatic heterocycles. The molecule has 0 amide bonds. The average molecular weight is 195 g/mol. The van der Waals surface area contributed by atoms with Gasteiger partial charge in [-0.3, -0.25) is 4.68 Å². The fraction of sp³-hybridized carbons (Fsp3) is 0.700. The Hall–Kier alpha value is -1.03. The van der Waals surface area contributed by atoms with Gasteiger partial charge in [-0.2, -0.15) is 5.10 Å². The van der Waals surface area contributed by atoms with E-state index in [0.717, 1.165) is 31.3 Å². The number of hydrogen-bond donors (Lipinski definition) is 1. The van der Waals surface area contributed by atoms with Gasteiger partial charge < -0.3 is 10.1 Å². The molecule has 4 nitrogen and oxygen atoms in total. The summed E-state index contributed by atoms with van der Waals surface area (Å²) in [5.41, 5.74) is 1.05. The summed E-state index contributed by atoms with van der Waals surface area (Å²) in [4.78, 5) is 0. The largest absolute Gasteiger partial charge is 0.381 e. The van der Waals surface area contributed by atoms with Crippen LogP contribution in [0.4, 0.5) is 5.82 Å². The molecule has 1 aliphatic heterocycles. The van der Waals surface area contributed by atoms with Gasteiger partial charge in [-0.05, 0) is 13.3 Å². The van der Waals surface area contributed by atoms with Gasteiger partial charge in [-0.25, -0.2) is 0 Å². The lowest BCUT2D eigenvalue weighted by molar-refractivity contribution is 0.187. The predicted octanol–water partition coefficient (Wildman–Crippen LogP) is 1.18. The highest BCUT2D eigenvalue weighted by molar-refractivity contribution is 5.36. The molecule has 2 heterocycles. The summed E-state index contributed by atoms with van der Waals surface area (Å²) >= 11 is 0. The van der Waals surface area contributed by atoms with Crippen molar-refractivity contribution in [3.8, 4) is 0 Å². The SMILES string of the molecule is Cc1cc(NCC2CCOC2)n(C)n1. The maximum atomic E-state index is 5.32. The van der Waals surface area contributed by atoms with E-state index in [-0.39, 0.29) is 0 Å². The molecule has 1 aromatic rings. The van der Waals surface area contributed by atoms with Gasteiger partial charge in [0, 0.05) is 32.2 Å². The second kappa shape index (κ2) is 4.00. The highest BCUT2D eigenvalue weighted by atomic mass is 16.5. The number of aryl methyl sites for hydroxylation is 2. The minimum Gasteiger partial charge on any atom is -0.381 e. The molecule has 14 heavy (non-hydrogen) atoms. The number of ether oxygens (including phenoxy) is 1. The second-order valence-corrected chi connectivity index (χ2v) is 3.91. The van der Waals surface area contributed by atoms with E-state index >= 15 is 0 Å². The third-order valence-corrected chi connectivity index (χ3v) is 2.60. The lowest BCUT2D eigenvalue weighted by Crippen LogP contribution is -2.15. The van der Waals surface area contributed by atoms with E-state index in [0.29, 0.717) is 5.92 Å². The molecular formula is C10H17N3O. The molecule has 2 rings (SSSR count). The lowest BCUT2D eigenvalue weighted by atomic mass is 10.1. The summed E-state index contributed by atoms with van der Waals surface area (Å²) in [6, 6.07) is 2.07. The van der Waals surface area contributed by atoms with Crippen LogP contribution >= 0.6 is 0 Å². The van der Waals surface area contributed by atoms with Crippen molar-refractivity contribution in [1.29, 1.82) is 0 Å². The molecule has 0 spiro atoms. The van der Waals surface area contributed by atoms with Gasteiger partial charge in [0.05, 0.1) is 12.3 Å². The summed E-state index contributed by atoms with van der Waals surface area (Å²) < 4.78 is 7.20. The highest BCUT2D eigenvalue weighted by Gasteiger charge is 2.15. The monoisotopic (exact) mass is 195 g/mol. The molecule has 0 saturated carbocycles. The third-order valence-electron chi connectivity index (χ3n) is 2.60. The van der Waals surface area contributed by atoms with Crippen LogP contribution in [0, 0.1) is 12.8 Å².